The summed E-state index contributed by atoms with van der Waals surface area (Å²) in [6.45, 7) is 4.52. The fourth-order valence-electron chi connectivity index (χ4n) is 2.33. The molecule has 19 heavy (non-hydrogen) atoms. The number of nitrogens with zero attached hydrogens (tertiary/aromatic N) is 1. The van der Waals surface area contributed by atoms with Crippen LogP contribution >= 0.6 is 27.7 Å². The standard InChI is InChI=1S/C13H17BrN2O2S/c1-13(2)6-10(7-19-8-13)15-9-3-4-11(14)12(5-9)16(17)18/h3-5,10,15H,6-8H2,1-2H3. The van der Waals surface area contributed by atoms with Gasteiger partial charge in [0.15, 0.2) is 0 Å². The Labute approximate surface area is 125 Å². The Kier molecular flexibility index (Phi) is 4.40. The number of benzene rings is 1. The fourth-order valence-corrected chi connectivity index (χ4v) is 4.00. The number of nitro benzene ring substituents is 1. The maximum Gasteiger partial charge on any atom is 0.285 e. The third-order valence-corrected chi connectivity index (χ3v) is 5.42. The molecule has 0 aliphatic carbocycles. The number of thioether (sulfide) groups is 1. The van der Waals surface area contributed by atoms with Gasteiger partial charge in [0.2, 0.25) is 0 Å². The molecule has 0 spiro atoms. The van der Waals surface area contributed by atoms with E-state index in [1.54, 1.807) is 12.1 Å². The summed E-state index contributed by atoms with van der Waals surface area (Å²) in [6, 6.07) is 5.57. The summed E-state index contributed by atoms with van der Waals surface area (Å²) >= 11 is 5.14. The lowest BCUT2D eigenvalue weighted by molar-refractivity contribution is -0.385. The van der Waals surface area contributed by atoms with Crippen LogP contribution < -0.4 is 5.32 Å². The molecule has 1 aliphatic heterocycles. The smallest absolute Gasteiger partial charge is 0.285 e. The number of anilines is 1. The van der Waals surface area contributed by atoms with Gasteiger partial charge in [-0.05, 0) is 45.7 Å². The van der Waals surface area contributed by atoms with Crippen LogP contribution in [-0.2, 0) is 0 Å². The molecule has 1 saturated heterocycles. The third-order valence-electron chi connectivity index (χ3n) is 3.12. The van der Waals surface area contributed by atoms with E-state index in [2.05, 4.69) is 35.1 Å². The molecular formula is C13H17BrN2O2S. The molecule has 0 saturated carbocycles. The van der Waals surface area contributed by atoms with E-state index in [1.807, 2.05) is 17.8 Å². The molecular weight excluding hydrogens is 328 g/mol. The van der Waals surface area contributed by atoms with Gasteiger partial charge in [0.25, 0.3) is 5.69 Å². The first kappa shape index (κ1) is 14.7. The molecule has 1 aromatic rings. The van der Waals surface area contributed by atoms with Crippen LogP contribution in [0.4, 0.5) is 11.4 Å². The number of halogens is 1. The van der Waals surface area contributed by atoms with Gasteiger partial charge in [0, 0.05) is 23.5 Å². The Morgan fingerprint density at radius 2 is 2.26 bits per heavy atom. The van der Waals surface area contributed by atoms with Crippen LogP contribution in [0, 0.1) is 15.5 Å². The highest BCUT2D eigenvalue weighted by Gasteiger charge is 2.28. The molecule has 1 fully saturated rings. The summed E-state index contributed by atoms with van der Waals surface area (Å²) in [5, 5.41) is 14.3. The lowest BCUT2D eigenvalue weighted by Crippen LogP contribution is -2.35. The van der Waals surface area contributed by atoms with E-state index in [-0.39, 0.29) is 10.6 Å². The van der Waals surface area contributed by atoms with Crippen LogP contribution in [0.1, 0.15) is 20.3 Å². The highest BCUT2D eigenvalue weighted by molar-refractivity contribution is 9.10. The number of nitro groups is 1. The van der Waals surface area contributed by atoms with Crippen LogP contribution in [0.15, 0.2) is 22.7 Å². The van der Waals surface area contributed by atoms with Gasteiger partial charge in [0.05, 0.1) is 9.40 Å². The molecule has 0 aromatic heterocycles. The molecule has 1 aliphatic rings. The van der Waals surface area contributed by atoms with E-state index < -0.39 is 0 Å². The van der Waals surface area contributed by atoms with Crippen molar-refractivity contribution in [3.8, 4) is 0 Å². The topological polar surface area (TPSA) is 55.2 Å². The molecule has 1 N–H and O–H groups in total. The lowest BCUT2D eigenvalue weighted by atomic mass is 9.88. The van der Waals surface area contributed by atoms with Crippen molar-refractivity contribution in [2.75, 3.05) is 16.8 Å². The average Bonchev–Trinajstić information content (AvgIpc) is 2.30. The van der Waals surface area contributed by atoms with Crippen LogP contribution in [0.5, 0.6) is 0 Å². The molecule has 1 aromatic carbocycles. The van der Waals surface area contributed by atoms with Crippen molar-refractivity contribution in [1.82, 2.24) is 0 Å². The highest BCUT2D eigenvalue weighted by atomic mass is 79.9. The molecule has 0 bridgehead atoms. The van der Waals surface area contributed by atoms with Crippen molar-refractivity contribution in [3.63, 3.8) is 0 Å². The van der Waals surface area contributed by atoms with Crippen molar-refractivity contribution in [2.45, 2.75) is 26.3 Å². The van der Waals surface area contributed by atoms with Crippen molar-refractivity contribution in [3.05, 3.63) is 32.8 Å². The van der Waals surface area contributed by atoms with Crippen molar-refractivity contribution in [2.24, 2.45) is 5.41 Å². The quantitative estimate of drug-likeness (QED) is 0.655. The molecule has 0 amide bonds. The number of hydrogen-bond donors (Lipinski definition) is 1. The summed E-state index contributed by atoms with van der Waals surface area (Å²) in [5.74, 6) is 2.22. The Hall–Kier alpha value is -0.750. The molecule has 1 heterocycles. The van der Waals surface area contributed by atoms with Gasteiger partial charge in [-0.25, -0.2) is 0 Å². The predicted molar refractivity (Wildman–Crippen MR) is 83.9 cm³/mol. The van der Waals surface area contributed by atoms with Gasteiger partial charge < -0.3 is 5.32 Å². The van der Waals surface area contributed by atoms with E-state index in [0.717, 1.165) is 17.9 Å². The summed E-state index contributed by atoms with van der Waals surface area (Å²) in [7, 11) is 0. The molecule has 1 atom stereocenters. The van der Waals surface area contributed by atoms with Crippen molar-refractivity contribution in [1.29, 1.82) is 0 Å². The summed E-state index contributed by atoms with van der Waals surface area (Å²) in [6.07, 6.45) is 1.09. The average molecular weight is 345 g/mol. The Balaban J connectivity index is 2.11. The monoisotopic (exact) mass is 344 g/mol. The van der Waals surface area contributed by atoms with E-state index in [9.17, 15) is 10.1 Å². The summed E-state index contributed by atoms with van der Waals surface area (Å²) in [4.78, 5) is 10.5. The second-order valence-corrected chi connectivity index (χ2v) is 7.53. The Morgan fingerprint density at radius 3 is 2.89 bits per heavy atom. The largest absolute Gasteiger partial charge is 0.381 e. The zero-order chi connectivity index (χ0) is 14.0. The second kappa shape index (κ2) is 5.71. The van der Waals surface area contributed by atoms with E-state index in [4.69, 9.17) is 0 Å². The zero-order valence-electron chi connectivity index (χ0n) is 11.0. The molecule has 1 unspecified atom stereocenters. The summed E-state index contributed by atoms with van der Waals surface area (Å²) in [5.41, 5.74) is 1.24. The third kappa shape index (κ3) is 3.86. The summed E-state index contributed by atoms with van der Waals surface area (Å²) < 4.78 is 0.515. The van der Waals surface area contributed by atoms with Crippen molar-refractivity contribution >= 4 is 39.1 Å². The van der Waals surface area contributed by atoms with Crippen LogP contribution in [0.2, 0.25) is 0 Å². The van der Waals surface area contributed by atoms with Gasteiger partial charge >= 0.3 is 0 Å². The van der Waals surface area contributed by atoms with E-state index in [1.165, 1.54) is 5.75 Å². The van der Waals surface area contributed by atoms with Gasteiger partial charge in [-0.1, -0.05) is 13.8 Å². The van der Waals surface area contributed by atoms with Gasteiger partial charge in [-0.2, -0.15) is 11.8 Å². The van der Waals surface area contributed by atoms with Crippen LogP contribution in [-0.4, -0.2) is 22.5 Å². The maximum absolute atomic E-state index is 10.9. The second-order valence-electron chi connectivity index (χ2n) is 5.65. The molecule has 6 heteroatoms. The van der Waals surface area contributed by atoms with Gasteiger partial charge in [0.1, 0.15) is 0 Å². The number of nitrogens with one attached hydrogen (secondary N) is 1. The minimum absolute atomic E-state index is 0.104. The van der Waals surface area contributed by atoms with Gasteiger partial charge in [-0.15, -0.1) is 0 Å². The van der Waals surface area contributed by atoms with E-state index in [0.29, 0.717) is 15.9 Å². The zero-order valence-corrected chi connectivity index (χ0v) is 13.4. The molecule has 104 valence electrons. The highest BCUT2D eigenvalue weighted by Crippen LogP contribution is 2.35. The number of rotatable bonds is 3. The molecule has 4 nitrogen and oxygen atoms in total. The molecule has 2 rings (SSSR count). The SMILES string of the molecule is CC1(C)CSCC(Nc2ccc(Br)c([N+](=O)[O-])c2)C1. The molecule has 0 radical (unpaired) electrons. The minimum atomic E-state index is -0.366. The first-order valence-electron chi connectivity index (χ1n) is 6.16. The van der Waals surface area contributed by atoms with Crippen LogP contribution in [0.25, 0.3) is 0 Å². The minimum Gasteiger partial charge on any atom is -0.381 e. The Bertz CT molecular complexity index is 494. The van der Waals surface area contributed by atoms with Crippen LogP contribution in [0.3, 0.4) is 0 Å². The Morgan fingerprint density at radius 1 is 1.53 bits per heavy atom. The lowest BCUT2D eigenvalue weighted by Gasteiger charge is -2.35. The normalized spacial score (nSPS) is 21.9. The predicted octanol–water partition coefficient (Wildman–Crippen LogP) is 4.30. The van der Waals surface area contributed by atoms with Crippen molar-refractivity contribution < 1.29 is 4.92 Å². The number of hydrogen-bond acceptors (Lipinski definition) is 4. The maximum atomic E-state index is 10.9. The van der Waals surface area contributed by atoms with E-state index >= 15 is 0 Å². The first-order chi connectivity index (χ1) is 8.87. The first-order valence-corrected chi connectivity index (χ1v) is 8.10. The van der Waals surface area contributed by atoms with Gasteiger partial charge in [-0.3, -0.25) is 10.1 Å². The fraction of sp³-hybridized carbons (Fsp3) is 0.538.